The van der Waals surface area contributed by atoms with Crippen molar-refractivity contribution in [3.05, 3.63) is 36.0 Å². The molecule has 0 saturated carbocycles. The van der Waals surface area contributed by atoms with Gasteiger partial charge in [0.1, 0.15) is 42.3 Å². The number of nitrogens with zero attached hydrogens (tertiary/aromatic N) is 1. The number of thiol groups is 2. The summed E-state index contributed by atoms with van der Waals surface area (Å²) in [6, 6.07) is -4.04. The molecule has 0 aliphatic heterocycles. The molecule has 7 amide bonds. The molecule has 1 aromatic carbocycles. The van der Waals surface area contributed by atoms with Gasteiger partial charge in [0, 0.05) is 48.0 Å². The number of carboxylic acids is 2. The zero-order valence-electron chi connectivity index (χ0n) is 39.2. The number of aromatic nitrogens is 1. The Balaban J connectivity index is 2.47. The maximum Gasteiger partial charge on any atom is 0.326 e. The summed E-state index contributed by atoms with van der Waals surface area (Å²) in [6.45, 7) is 8.18. The van der Waals surface area contributed by atoms with Gasteiger partial charge < -0.3 is 74.7 Å². The number of para-hydroxylation sites is 1. The van der Waals surface area contributed by atoms with E-state index in [1.807, 2.05) is 0 Å². The summed E-state index contributed by atoms with van der Waals surface area (Å²) in [5.74, 6) is -10.2. The van der Waals surface area contributed by atoms with E-state index < -0.39 is 121 Å². The van der Waals surface area contributed by atoms with E-state index in [1.54, 1.807) is 58.2 Å². The van der Waals surface area contributed by atoms with Gasteiger partial charge in [-0.15, -0.1) is 0 Å². The topological polar surface area (TPSA) is 405 Å². The molecule has 9 atom stereocenters. The Kier molecular flexibility index (Phi) is 24.8. The average molecular weight is 1010 g/mol. The third-order valence-corrected chi connectivity index (χ3v) is 11.4. The number of aliphatic hydroxyl groups excluding tert-OH is 1. The second-order valence-electron chi connectivity index (χ2n) is 17.1. The quantitative estimate of drug-likeness (QED) is 0.0165. The van der Waals surface area contributed by atoms with Crippen molar-refractivity contribution in [2.24, 2.45) is 34.0 Å². The van der Waals surface area contributed by atoms with E-state index in [0.29, 0.717) is 16.5 Å². The van der Waals surface area contributed by atoms with Crippen LogP contribution in [0.5, 0.6) is 0 Å². The molecule has 0 bridgehead atoms. The number of carbonyl (C=O) groups excluding carboxylic acids is 7. The highest BCUT2D eigenvalue weighted by atomic mass is 32.1. The van der Waals surface area contributed by atoms with Crippen molar-refractivity contribution < 1.29 is 58.5 Å². The van der Waals surface area contributed by atoms with E-state index in [-0.39, 0.29) is 61.5 Å². The normalized spacial score (nSPS) is 15.2. The number of carboxylic acid groups (broad SMARTS) is 2. The Hall–Kier alpha value is -6.12. The molecule has 69 heavy (non-hydrogen) atoms. The second-order valence-corrected chi connectivity index (χ2v) is 17.9. The number of fused-ring (bicyclic) bond motifs is 1. The molecule has 1 aromatic heterocycles. The third-order valence-electron chi connectivity index (χ3n) is 10.6. The van der Waals surface area contributed by atoms with Crippen LogP contribution in [0.1, 0.15) is 72.3 Å². The van der Waals surface area contributed by atoms with Crippen LogP contribution in [0.15, 0.2) is 35.5 Å². The third kappa shape index (κ3) is 19.8. The monoisotopic (exact) mass is 1010 g/mol. The Labute approximate surface area is 410 Å². The predicted octanol–water partition coefficient (Wildman–Crippen LogP) is -2.62. The van der Waals surface area contributed by atoms with E-state index >= 15 is 0 Å². The molecule has 0 aliphatic rings. The number of rotatable bonds is 30. The first-order valence-corrected chi connectivity index (χ1v) is 23.5. The van der Waals surface area contributed by atoms with E-state index in [4.69, 9.17) is 22.3 Å². The molecule has 0 aliphatic carbocycles. The number of aliphatic hydroxyl groups is 1. The molecule has 0 radical (unpaired) electrons. The van der Waals surface area contributed by atoms with Gasteiger partial charge in [-0.25, -0.2) is 4.79 Å². The molecule has 0 saturated heterocycles. The first-order valence-electron chi connectivity index (χ1n) is 22.2. The van der Waals surface area contributed by atoms with Crippen LogP contribution in [0.4, 0.5) is 0 Å². The number of amides is 7. The molecule has 17 N–H and O–H groups in total. The van der Waals surface area contributed by atoms with Gasteiger partial charge in [-0.1, -0.05) is 45.9 Å². The number of nitrogens with one attached hydrogen (secondary N) is 8. The van der Waals surface area contributed by atoms with Crippen molar-refractivity contribution in [3.63, 3.8) is 0 Å². The lowest BCUT2D eigenvalue weighted by molar-refractivity contribution is -0.143. The number of benzene rings is 1. The lowest BCUT2D eigenvalue weighted by atomic mass is 10.00. The zero-order valence-corrected chi connectivity index (χ0v) is 41.0. The summed E-state index contributed by atoms with van der Waals surface area (Å²) in [7, 11) is 0. The number of aliphatic carboxylic acids is 2. The van der Waals surface area contributed by atoms with Crippen molar-refractivity contribution in [1.29, 1.82) is 0 Å². The number of aliphatic imine (C=N–C) groups is 1. The minimum atomic E-state index is -1.66. The van der Waals surface area contributed by atoms with Gasteiger partial charge in [0.15, 0.2) is 5.96 Å². The Morgan fingerprint density at radius 1 is 0.667 bits per heavy atom. The fourth-order valence-electron chi connectivity index (χ4n) is 6.70. The molecular weight excluding hydrogens is 941 g/mol. The van der Waals surface area contributed by atoms with Crippen LogP contribution in [-0.2, 0) is 49.6 Å². The highest BCUT2D eigenvalue weighted by Crippen LogP contribution is 2.20. The number of H-pyrrole nitrogens is 1. The van der Waals surface area contributed by atoms with Gasteiger partial charge in [-0.05, 0) is 56.1 Å². The summed E-state index contributed by atoms with van der Waals surface area (Å²) < 4.78 is 0. The van der Waals surface area contributed by atoms with E-state index in [9.17, 15) is 53.4 Å². The van der Waals surface area contributed by atoms with Gasteiger partial charge in [-0.3, -0.25) is 43.3 Å². The maximum atomic E-state index is 14.3. The molecule has 24 nitrogen and oxygen atoms in total. The van der Waals surface area contributed by atoms with Crippen LogP contribution in [0.25, 0.3) is 10.9 Å². The molecule has 384 valence electrons. The van der Waals surface area contributed by atoms with Gasteiger partial charge in [-0.2, -0.15) is 25.3 Å². The summed E-state index contributed by atoms with van der Waals surface area (Å²) in [6.07, 6.45) is -1.07. The highest BCUT2D eigenvalue weighted by molar-refractivity contribution is 7.80. The van der Waals surface area contributed by atoms with Gasteiger partial charge in [0.25, 0.3) is 0 Å². The van der Waals surface area contributed by atoms with Crippen LogP contribution >= 0.6 is 25.3 Å². The summed E-state index contributed by atoms with van der Waals surface area (Å²) in [5.41, 5.74) is 18.2. The number of guanidine groups is 1. The fraction of sp³-hybridized carbons (Fsp3) is 0.581. The van der Waals surface area contributed by atoms with Crippen molar-refractivity contribution in [1.82, 2.24) is 42.2 Å². The van der Waals surface area contributed by atoms with Crippen LogP contribution in [0, 0.1) is 11.8 Å². The summed E-state index contributed by atoms with van der Waals surface area (Å²) in [4.78, 5) is 126. The summed E-state index contributed by atoms with van der Waals surface area (Å²) in [5, 5.41) is 47.4. The number of hydrogen-bond donors (Lipinski definition) is 16. The lowest BCUT2D eigenvalue weighted by Crippen LogP contribution is -2.62. The molecule has 1 heterocycles. The first-order chi connectivity index (χ1) is 32.4. The van der Waals surface area contributed by atoms with Gasteiger partial charge >= 0.3 is 11.9 Å². The van der Waals surface area contributed by atoms with Crippen molar-refractivity contribution in [2.45, 2.75) is 128 Å². The SMILES string of the molecule is CC(C)C[C@H](NC(=O)[C@H](CCCN=C(N)N)NC(=O)[C@@H](NC(=O)[C@H](CS)NC(=O)[C@@H](N)C(C)C)[C@@H](C)O)C(=O)N[C@@H](Cc1c[nH]c2ccccc12)C(=O)N[C@@H](CS)C(=O)N[C@@H](CCC(=O)O)C(=O)O. The lowest BCUT2D eigenvalue weighted by Gasteiger charge is -2.29. The van der Waals surface area contributed by atoms with Gasteiger partial charge in [0.05, 0.1) is 12.1 Å². The van der Waals surface area contributed by atoms with E-state index in [2.05, 4.69) is 72.5 Å². The molecule has 2 rings (SSSR count). The minimum absolute atomic E-state index is 0.00587. The number of carbonyl (C=O) groups is 9. The highest BCUT2D eigenvalue weighted by Gasteiger charge is 2.36. The predicted molar refractivity (Wildman–Crippen MR) is 262 cm³/mol. The smallest absolute Gasteiger partial charge is 0.326 e. The summed E-state index contributed by atoms with van der Waals surface area (Å²) >= 11 is 8.32. The fourth-order valence-corrected chi connectivity index (χ4v) is 7.21. The van der Waals surface area contributed by atoms with Crippen LogP contribution < -0.4 is 54.4 Å². The van der Waals surface area contributed by atoms with Crippen LogP contribution in [-0.4, -0.2) is 152 Å². The van der Waals surface area contributed by atoms with Crippen LogP contribution in [0.3, 0.4) is 0 Å². The molecule has 26 heteroatoms. The van der Waals surface area contributed by atoms with Crippen molar-refractivity contribution in [3.8, 4) is 0 Å². The van der Waals surface area contributed by atoms with E-state index in [1.165, 1.54) is 6.92 Å². The van der Waals surface area contributed by atoms with Crippen molar-refractivity contribution >= 4 is 95.4 Å². The van der Waals surface area contributed by atoms with Crippen LogP contribution in [0.2, 0.25) is 0 Å². The molecule has 0 spiro atoms. The molecule has 0 unspecified atom stereocenters. The standard InChI is InChI=1S/C43H68N12O12S2/c1-20(2)15-28(51-35(59)26(11-8-14-47-43(45)46)49-41(65)34(22(5)56)55-39(63)31(19-69)54-40(64)33(44)21(3)4)36(60)52-29(16-23-17-48-25-10-7-6-9-24(23)25)37(61)53-30(18-68)38(62)50-27(42(66)67)12-13-32(57)58/h6-7,9-10,17,20-22,26-31,33-34,48,56,68-69H,8,11-16,18-19,44H2,1-5H3,(H,49,65)(H,50,62)(H,51,59)(H,52,60)(H,53,61)(H,54,64)(H,55,63)(H,57,58)(H,66,67)(H4,45,46,47)/t22-,26+,27+,28+,29+,30+,31+,33+,34+/m1/s1. The molecule has 2 aromatic rings. The molecule has 0 fully saturated rings. The number of hydrogen-bond acceptors (Lipinski definition) is 14. The first kappa shape index (κ1) is 59.0. The Morgan fingerprint density at radius 3 is 1.72 bits per heavy atom. The minimum Gasteiger partial charge on any atom is -0.481 e. The number of aromatic amines is 1. The zero-order chi connectivity index (χ0) is 52.1. The molecular formula is C43H68N12O12S2. The van der Waals surface area contributed by atoms with Crippen molar-refractivity contribution in [2.75, 3.05) is 18.1 Å². The largest absolute Gasteiger partial charge is 0.481 e. The Morgan fingerprint density at radius 2 is 1.17 bits per heavy atom. The van der Waals surface area contributed by atoms with E-state index in [0.717, 1.165) is 0 Å². The average Bonchev–Trinajstić information content (AvgIpc) is 3.69. The number of nitrogens with two attached hydrogens (primary N) is 3. The van der Waals surface area contributed by atoms with Gasteiger partial charge in [0.2, 0.25) is 41.4 Å². The maximum absolute atomic E-state index is 14.3. The Bertz CT molecular complexity index is 2130. The second kappa shape index (κ2) is 29.0.